The summed E-state index contributed by atoms with van der Waals surface area (Å²) in [6.07, 6.45) is 5.65. The van der Waals surface area contributed by atoms with Gasteiger partial charge < -0.3 is 25.1 Å². The molecule has 1 saturated heterocycles. The Morgan fingerprint density at radius 2 is 2.16 bits per heavy atom. The molecule has 0 bridgehead atoms. The van der Waals surface area contributed by atoms with E-state index in [-0.39, 0.29) is 11.8 Å². The lowest BCUT2D eigenvalue weighted by molar-refractivity contribution is -0.116. The van der Waals surface area contributed by atoms with E-state index in [1.54, 1.807) is 6.26 Å². The maximum atomic E-state index is 12.1. The molecule has 0 saturated carbocycles. The number of nitrogens with one attached hydrogen (secondary N) is 1. The molecule has 2 aliphatic heterocycles. The second kappa shape index (κ2) is 6.56. The van der Waals surface area contributed by atoms with Crippen molar-refractivity contribution >= 4 is 29.6 Å². The third-order valence-electron chi connectivity index (χ3n) is 4.33. The summed E-state index contributed by atoms with van der Waals surface area (Å²) in [5, 5.41) is 2.82. The number of anilines is 3. The van der Waals surface area contributed by atoms with E-state index in [1.807, 2.05) is 29.2 Å². The second-order valence-corrected chi connectivity index (χ2v) is 6.00. The highest BCUT2D eigenvalue weighted by Crippen LogP contribution is 2.37. The van der Waals surface area contributed by atoms with E-state index in [0.29, 0.717) is 50.3 Å². The van der Waals surface area contributed by atoms with Crippen LogP contribution in [0.2, 0.25) is 0 Å². The van der Waals surface area contributed by atoms with E-state index < -0.39 is 0 Å². The van der Waals surface area contributed by atoms with Crippen molar-refractivity contribution in [2.24, 2.45) is 0 Å². The number of aromatic nitrogens is 2. The first-order chi connectivity index (χ1) is 12.2. The van der Waals surface area contributed by atoms with Crippen LogP contribution < -0.4 is 16.0 Å². The van der Waals surface area contributed by atoms with Crippen molar-refractivity contribution in [3.8, 4) is 0 Å². The van der Waals surface area contributed by atoms with Gasteiger partial charge in [0, 0.05) is 31.0 Å². The fourth-order valence-electron chi connectivity index (χ4n) is 3.09. The van der Waals surface area contributed by atoms with Crippen LogP contribution in [0.5, 0.6) is 0 Å². The topological polar surface area (TPSA) is 107 Å². The number of rotatable bonds is 3. The molecule has 4 heterocycles. The van der Waals surface area contributed by atoms with Crippen LogP contribution in [0.25, 0.3) is 6.08 Å². The van der Waals surface area contributed by atoms with Gasteiger partial charge in [-0.1, -0.05) is 6.08 Å². The van der Waals surface area contributed by atoms with Crippen molar-refractivity contribution in [3.05, 3.63) is 35.8 Å². The smallest absolute Gasteiger partial charge is 0.229 e. The molecule has 3 N–H and O–H groups in total. The molecule has 1 fully saturated rings. The van der Waals surface area contributed by atoms with Crippen LogP contribution in [0.15, 0.2) is 28.9 Å². The maximum Gasteiger partial charge on any atom is 0.229 e. The molecular formula is C17H19N5O3. The van der Waals surface area contributed by atoms with E-state index in [1.165, 1.54) is 0 Å². The summed E-state index contributed by atoms with van der Waals surface area (Å²) in [6.45, 7) is 2.66. The largest absolute Gasteiger partial charge is 0.465 e. The lowest BCUT2D eigenvalue weighted by atomic mass is 9.92. The number of hydrogen-bond donors (Lipinski definition) is 2. The first-order valence-electron chi connectivity index (χ1n) is 8.22. The zero-order valence-corrected chi connectivity index (χ0v) is 13.6. The average molecular weight is 341 g/mol. The van der Waals surface area contributed by atoms with E-state index in [2.05, 4.69) is 15.3 Å². The van der Waals surface area contributed by atoms with Gasteiger partial charge in [0.25, 0.3) is 0 Å². The van der Waals surface area contributed by atoms with E-state index in [4.69, 9.17) is 14.9 Å². The quantitative estimate of drug-likeness (QED) is 0.874. The number of amides is 1. The monoisotopic (exact) mass is 341 g/mol. The summed E-state index contributed by atoms with van der Waals surface area (Å²) >= 11 is 0. The van der Waals surface area contributed by atoms with E-state index >= 15 is 0 Å². The van der Waals surface area contributed by atoms with Gasteiger partial charge in [0.15, 0.2) is 0 Å². The summed E-state index contributed by atoms with van der Waals surface area (Å²) in [7, 11) is 0. The van der Waals surface area contributed by atoms with Gasteiger partial charge in [-0.15, -0.1) is 0 Å². The van der Waals surface area contributed by atoms with Crippen molar-refractivity contribution in [1.29, 1.82) is 0 Å². The van der Waals surface area contributed by atoms with Crippen LogP contribution in [-0.4, -0.2) is 42.2 Å². The molecule has 0 radical (unpaired) electrons. The summed E-state index contributed by atoms with van der Waals surface area (Å²) in [5.41, 5.74) is 6.97. The predicted molar refractivity (Wildman–Crippen MR) is 93.2 cm³/mol. The van der Waals surface area contributed by atoms with Crippen LogP contribution in [0.1, 0.15) is 23.7 Å². The summed E-state index contributed by atoms with van der Waals surface area (Å²) in [5.74, 6) is 1.84. The number of morpholine rings is 1. The highest BCUT2D eigenvalue weighted by atomic mass is 16.5. The van der Waals surface area contributed by atoms with E-state index in [0.717, 1.165) is 11.3 Å². The molecule has 2 aromatic rings. The highest BCUT2D eigenvalue weighted by molar-refractivity contribution is 5.95. The molecule has 8 heteroatoms. The minimum absolute atomic E-state index is 0.0902. The normalized spacial score (nSPS) is 20.6. The third-order valence-corrected chi connectivity index (χ3v) is 4.33. The van der Waals surface area contributed by atoms with Gasteiger partial charge in [-0.05, 0) is 18.2 Å². The number of fused-ring (bicyclic) bond motifs is 1. The molecule has 8 nitrogen and oxygen atoms in total. The lowest BCUT2D eigenvalue weighted by Gasteiger charge is -2.29. The Hall–Kier alpha value is -2.87. The third kappa shape index (κ3) is 3.20. The number of nitrogen functional groups attached to an aromatic ring is 1. The molecule has 1 unspecified atom stereocenters. The summed E-state index contributed by atoms with van der Waals surface area (Å²) in [6, 6.07) is 3.66. The van der Waals surface area contributed by atoms with Gasteiger partial charge in [-0.25, -0.2) is 0 Å². The molecule has 0 aromatic carbocycles. The fraction of sp³-hybridized carbons (Fsp3) is 0.353. The maximum absolute atomic E-state index is 12.1. The van der Waals surface area contributed by atoms with Gasteiger partial charge >= 0.3 is 0 Å². The Bertz CT molecular complexity index is 797. The number of ether oxygens (including phenoxy) is 1. The van der Waals surface area contributed by atoms with Crippen molar-refractivity contribution in [3.63, 3.8) is 0 Å². The van der Waals surface area contributed by atoms with Crippen LogP contribution in [0, 0.1) is 0 Å². The van der Waals surface area contributed by atoms with Crippen molar-refractivity contribution in [2.45, 2.75) is 12.3 Å². The number of nitrogens with zero attached hydrogens (tertiary/aromatic N) is 3. The second-order valence-electron chi connectivity index (χ2n) is 6.00. The molecule has 2 aliphatic rings. The Kier molecular flexibility index (Phi) is 4.10. The SMILES string of the molecule is Nc1nc(N2CCOCC2)nc2c1C(C=Cc1ccco1)CC(=O)N2. The molecule has 25 heavy (non-hydrogen) atoms. The molecule has 1 atom stereocenters. The minimum atomic E-state index is -0.187. The summed E-state index contributed by atoms with van der Waals surface area (Å²) < 4.78 is 10.6. The molecule has 2 aromatic heterocycles. The van der Waals surface area contributed by atoms with E-state index in [9.17, 15) is 4.79 Å². The van der Waals surface area contributed by atoms with Crippen molar-refractivity contribution < 1.29 is 13.9 Å². The van der Waals surface area contributed by atoms with Crippen LogP contribution in [-0.2, 0) is 9.53 Å². The lowest BCUT2D eigenvalue weighted by Crippen LogP contribution is -2.38. The average Bonchev–Trinajstić information content (AvgIpc) is 3.13. The Labute approximate surface area is 144 Å². The standard InChI is InChI=1S/C17H19N5O3/c18-15-14-11(3-4-12-2-1-7-25-12)10-13(23)19-16(14)21-17(20-15)22-5-8-24-9-6-22/h1-4,7,11H,5-6,8-10H2,(H3,18,19,20,21,23). The predicted octanol–water partition coefficient (Wildman–Crippen LogP) is 1.63. The van der Waals surface area contributed by atoms with Gasteiger partial charge in [0.2, 0.25) is 11.9 Å². The molecule has 130 valence electrons. The molecule has 1 amide bonds. The van der Waals surface area contributed by atoms with Crippen molar-refractivity contribution in [2.75, 3.05) is 42.3 Å². The number of nitrogens with two attached hydrogens (primary N) is 1. The van der Waals surface area contributed by atoms with Gasteiger partial charge in [-0.3, -0.25) is 4.79 Å². The number of hydrogen-bond acceptors (Lipinski definition) is 7. The number of furan rings is 1. The first kappa shape index (κ1) is 15.6. The number of allylic oxidation sites excluding steroid dienone is 1. The Morgan fingerprint density at radius 1 is 1.32 bits per heavy atom. The molecule has 0 spiro atoms. The number of carbonyl (C=O) groups is 1. The van der Waals surface area contributed by atoms with Gasteiger partial charge in [0.1, 0.15) is 17.4 Å². The van der Waals surface area contributed by atoms with Crippen molar-refractivity contribution in [1.82, 2.24) is 9.97 Å². The van der Waals surface area contributed by atoms with Gasteiger partial charge in [0.05, 0.1) is 19.5 Å². The fourth-order valence-corrected chi connectivity index (χ4v) is 3.09. The van der Waals surface area contributed by atoms with Crippen LogP contribution in [0.4, 0.5) is 17.6 Å². The number of carbonyl (C=O) groups excluding carboxylic acids is 1. The highest BCUT2D eigenvalue weighted by Gasteiger charge is 2.29. The molecule has 0 aliphatic carbocycles. The van der Waals surface area contributed by atoms with Crippen LogP contribution >= 0.6 is 0 Å². The Morgan fingerprint density at radius 3 is 2.92 bits per heavy atom. The molecular weight excluding hydrogens is 322 g/mol. The van der Waals surface area contributed by atoms with Gasteiger partial charge in [-0.2, -0.15) is 9.97 Å². The first-order valence-corrected chi connectivity index (χ1v) is 8.22. The minimum Gasteiger partial charge on any atom is -0.465 e. The van der Waals surface area contributed by atoms with Crippen LogP contribution in [0.3, 0.4) is 0 Å². The summed E-state index contributed by atoms with van der Waals surface area (Å²) in [4.78, 5) is 23.1. The zero-order chi connectivity index (χ0) is 17.2. The zero-order valence-electron chi connectivity index (χ0n) is 13.6. The Balaban J connectivity index is 1.67. The molecule has 4 rings (SSSR count).